The molecule has 1 atom stereocenters. The average molecular weight is 313 g/mol. The summed E-state index contributed by atoms with van der Waals surface area (Å²) in [6, 6.07) is 22.7. The van der Waals surface area contributed by atoms with E-state index in [1.807, 2.05) is 30.3 Å². The van der Waals surface area contributed by atoms with Gasteiger partial charge in [0.25, 0.3) is 0 Å². The maximum atomic E-state index is 9.65. The molecular formula is C21H19N3. The Bertz CT molecular complexity index is 806. The van der Waals surface area contributed by atoms with Gasteiger partial charge in [0, 0.05) is 18.1 Å². The van der Waals surface area contributed by atoms with Gasteiger partial charge in [-0.25, -0.2) is 0 Å². The van der Waals surface area contributed by atoms with Crippen molar-refractivity contribution >= 4 is 5.71 Å². The molecule has 0 radical (unpaired) electrons. The van der Waals surface area contributed by atoms with Crippen LogP contribution in [0.3, 0.4) is 0 Å². The van der Waals surface area contributed by atoms with E-state index >= 15 is 0 Å². The predicted octanol–water partition coefficient (Wildman–Crippen LogP) is 4.55. The summed E-state index contributed by atoms with van der Waals surface area (Å²) in [4.78, 5) is 4.70. The molecule has 1 aliphatic carbocycles. The monoisotopic (exact) mass is 313 g/mol. The first-order valence-electron chi connectivity index (χ1n) is 8.12. The van der Waals surface area contributed by atoms with Crippen molar-refractivity contribution in [1.29, 1.82) is 10.5 Å². The number of hydrogen-bond donors (Lipinski definition) is 0. The molecule has 0 aliphatic heterocycles. The Morgan fingerprint density at radius 1 is 1.04 bits per heavy atom. The van der Waals surface area contributed by atoms with E-state index in [0.29, 0.717) is 19.4 Å². The fraction of sp³-hybridized carbons (Fsp3) is 0.286. The Balaban J connectivity index is 1.85. The van der Waals surface area contributed by atoms with Crippen molar-refractivity contribution in [2.45, 2.75) is 32.2 Å². The van der Waals surface area contributed by atoms with Crippen LogP contribution in [0.2, 0.25) is 0 Å². The van der Waals surface area contributed by atoms with Crippen molar-refractivity contribution in [3.8, 4) is 12.1 Å². The maximum Gasteiger partial charge on any atom is 0.156 e. The number of nitriles is 2. The fourth-order valence-corrected chi connectivity index (χ4v) is 3.29. The smallest absolute Gasteiger partial charge is 0.156 e. The molecule has 1 unspecified atom stereocenters. The van der Waals surface area contributed by atoms with Crippen molar-refractivity contribution in [2.24, 2.45) is 10.4 Å². The zero-order chi connectivity index (χ0) is 17.0. The summed E-state index contributed by atoms with van der Waals surface area (Å²) < 4.78 is 0. The summed E-state index contributed by atoms with van der Waals surface area (Å²) in [6.07, 6.45) is 1.11. The van der Waals surface area contributed by atoms with Gasteiger partial charge < -0.3 is 0 Å². The number of rotatable bonds is 3. The van der Waals surface area contributed by atoms with E-state index in [-0.39, 0.29) is 5.92 Å². The highest BCUT2D eigenvalue weighted by atomic mass is 14.8. The highest BCUT2D eigenvalue weighted by molar-refractivity contribution is 5.90. The van der Waals surface area contributed by atoms with Crippen LogP contribution in [-0.2, 0) is 6.54 Å². The normalized spacial score (nSPS) is 20.5. The van der Waals surface area contributed by atoms with Crippen LogP contribution >= 0.6 is 0 Å². The molecule has 0 saturated heterocycles. The molecule has 118 valence electrons. The van der Waals surface area contributed by atoms with Crippen LogP contribution in [0, 0.1) is 35.0 Å². The molecule has 0 N–H and O–H groups in total. The first kappa shape index (κ1) is 16.0. The second-order valence-electron chi connectivity index (χ2n) is 6.41. The SMILES string of the molecule is Cc1ccc(CN=C2CC(c3ccccc3)C(C#N)(C#N)C2)cc1. The van der Waals surface area contributed by atoms with Crippen LogP contribution in [-0.4, -0.2) is 5.71 Å². The first-order chi connectivity index (χ1) is 11.7. The van der Waals surface area contributed by atoms with E-state index in [9.17, 15) is 10.5 Å². The van der Waals surface area contributed by atoms with E-state index in [4.69, 9.17) is 4.99 Å². The van der Waals surface area contributed by atoms with Gasteiger partial charge in [0.1, 0.15) is 0 Å². The van der Waals surface area contributed by atoms with E-state index in [1.165, 1.54) is 5.56 Å². The molecule has 0 bridgehead atoms. The van der Waals surface area contributed by atoms with Crippen LogP contribution in [0.5, 0.6) is 0 Å². The molecule has 1 saturated carbocycles. The van der Waals surface area contributed by atoms with Crippen LogP contribution in [0.15, 0.2) is 59.6 Å². The third-order valence-corrected chi connectivity index (χ3v) is 4.72. The minimum Gasteiger partial charge on any atom is -0.289 e. The summed E-state index contributed by atoms with van der Waals surface area (Å²) in [5.41, 5.74) is 3.38. The van der Waals surface area contributed by atoms with Crippen molar-refractivity contribution in [3.05, 3.63) is 71.3 Å². The minimum atomic E-state index is -1.01. The summed E-state index contributed by atoms with van der Waals surface area (Å²) >= 11 is 0. The van der Waals surface area contributed by atoms with Gasteiger partial charge in [0.05, 0.1) is 18.7 Å². The fourth-order valence-electron chi connectivity index (χ4n) is 3.29. The van der Waals surface area contributed by atoms with Gasteiger partial charge in [-0.3, -0.25) is 4.99 Å². The Kier molecular flexibility index (Phi) is 4.45. The van der Waals surface area contributed by atoms with Crippen molar-refractivity contribution in [2.75, 3.05) is 0 Å². The van der Waals surface area contributed by atoms with Gasteiger partial charge in [-0.2, -0.15) is 10.5 Å². The molecular weight excluding hydrogens is 294 g/mol. The second-order valence-corrected chi connectivity index (χ2v) is 6.41. The summed E-state index contributed by atoms with van der Waals surface area (Å²) in [5, 5.41) is 19.3. The van der Waals surface area contributed by atoms with E-state index < -0.39 is 5.41 Å². The molecule has 1 aliphatic rings. The lowest BCUT2D eigenvalue weighted by molar-refractivity contribution is 0.478. The highest BCUT2D eigenvalue weighted by Crippen LogP contribution is 2.47. The Hall–Kier alpha value is -2.91. The van der Waals surface area contributed by atoms with Crippen LogP contribution in [0.1, 0.15) is 35.4 Å². The molecule has 0 amide bonds. The third-order valence-electron chi connectivity index (χ3n) is 4.72. The molecule has 0 aromatic heterocycles. The van der Waals surface area contributed by atoms with E-state index in [1.54, 1.807) is 0 Å². The molecule has 0 spiro atoms. The van der Waals surface area contributed by atoms with Crippen molar-refractivity contribution < 1.29 is 0 Å². The number of nitrogens with zero attached hydrogens (tertiary/aromatic N) is 3. The molecule has 1 fully saturated rings. The third kappa shape index (κ3) is 3.07. The van der Waals surface area contributed by atoms with Crippen LogP contribution in [0.4, 0.5) is 0 Å². The Labute approximate surface area is 142 Å². The maximum absolute atomic E-state index is 9.65. The Morgan fingerprint density at radius 2 is 1.71 bits per heavy atom. The molecule has 24 heavy (non-hydrogen) atoms. The lowest BCUT2D eigenvalue weighted by Crippen LogP contribution is -2.19. The highest BCUT2D eigenvalue weighted by Gasteiger charge is 2.47. The topological polar surface area (TPSA) is 59.9 Å². The second kappa shape index (κ2) is 6.69. The molecule has 3 nitrogen and oxygen atoms in total. The molecule has 0 heterocycles. The zero-order valence-corrected chi connectivity index (χ0v) is 13.7. The summed E-state index contributed by atoms with van der Waals surface area (Å²) in [6.45, 7) is 2.66. The lowest BCUT2D eigenvalue weighted by Gasteiger charge is -2.20. The lowest BCUT2D eigenvalue weighted by atomic mass is 9.77. The quantitative estimate of drug-likeness (QED) is 0.834. The first-order valence-corrected chi connectivity index (χ1v) is 8.12. The molecule has 3 heteroatoms. The molecule has 3 rings (SSSR count). The van der Waals surface area contributed by atoms with Crippen LogP contribution < -0.4 is 0 Å². The summed E-state index contributed by atoms with van der Waals surface area (Å²) in [5.74, 6) is -0.106. The largest absolute Gasteiger partial charge is 0.289 e. The van der Waals surface area contributed by atoms with Gasteiger partial charge in [0.15, 0.2) is 5.41 Å². The van der Waals surface area contributed by atoms with Crippen LogP contribution in [0.25, 0.3) is 0 Å². The molecule has 2 aromatic carbocycles. The predicted molar refractivity (Wildman–Crippen MR) is 94.4 cm³/mol. The van der Waals surface area contributed by atoms with Gasteiger partial charge in [-0.05, 0) is 24.5 Å². The van der Waals surface area contributed by atoms with Gasteiger partial charge in [0.2, 0.25) is 0 Å². The molecule has 2 aromatic rings. The number of benzene rings is 2. The average Bonchev–Trinajstić information content (AvgIpc) is 3.01. The number of hydrogen-bond acceptors (Lipinski definition) is 3. The van der Waals surface area contributed by atoms with Crippen molar-refractivity contribution in [3.63, 3.8) is 0 Å². The van der Waals surface area contributed by atoms with Gasteiger partial charge in [-0.15, -0.1) is 0 Å². The minimum absolute atomic E-state index is 0.106. The van der Waals surface area contributed by atoms with Gasteiger partial charge >= 0.3 is 0 Å². The standard InChI is InChI=1S/C21H19N3/c1-16-7-9-17(10-8-16)13-24-19-11-20(18-5-3-2-4-6-18)21(12-19,14-22)15-23/h2-10,20H,11-13H2,1H3. The summed E-state index contributed by atoms with van der Waals surface area (Å²) in [7, 11) is 0. The number of aliphatic imine (C=N–C) groups is 1. The van der Waals surface area contributed by atoms with E-state index in [2.05, 4.69) is 43.3 Å². The van der Waals surface area contributed by atoms with Crippen molar-refractivity contribution in [1.82, 2.24) is 0 Å². The van der Waals surface area contributed by atoms with E-state index in [0.717, 1.165) is 16.8 Å². The zero-order valence-electron chi connectivity index (χ0n) is 13.7. The Morgan fingerprint density at radius 3 is 2.33 bits per heavy atom. The van der Waals surface area contributed by atoms with Gasteiger partial charge in [-0.1, -0.05) is 60.2 Å². The number of aryl methyl sites for hydroxylation is 1.